The molecule has 0 atom stereocenters. The Morgan fingerprint density at radius 2 is 1.92 bits per heavy atom. The van der Waals surface area contributed by atoms with E-state index in [1.807, 2.05) is 0 Å². The van der Waals surface area contributed by atoms with Gasteiger partial charge in [-0.2, -0.15) is 0 Å². The van der Waals surface area contributed by atoms with Gasteiger partial charge in [0.05, 0.1) is 29.5 Å². The van der Waals surface area contributed by atoms with E-state index in [0.717, 1.165) is 6.42 Å². The number of amides is 1. The van der Waals surface area contributed by atoms with Crippen LogP contribution in [-0.2, 0) is 0 Å². The average molecular weight is 346 g/mol. The minimum absolute atomic E-state index is 0.280. The van der Waals surface area contributed by atoms with Crippen molar-refractivity contribution < 1.29 is 18.9 Å². The molecule has 0 spiro atoms. The molecule has 0 saturated carbocycles. The topological polar surface area (TPSA) is 86.5 Å². The molecule has 0 bridgehead atoms. The quantitative estimate of drug-likeness (QED) is 0.767. The Hall–Kier alpha value is -2.80. The Balaban J connectivity index is 1.67. The summed E-state index contributed by atoms with van der Waals surface area (Å²) >= 11 is 6.23. The van der Waals surface area contributed by atoms with E-state index in [2.05, 4.69) is 15.6 Å². The maximum Gasteiger partial charge on any atom is 0.257 e. The number of anilines is 1. The summed E-state index contributed by atoms with van der Waals surface area (Å²) in [7, 11) is 0. The molecule has 7 nitrogen and oxygen atoms in total. The smallest absolute Gasteiger partial charge is 0.257 e. The van der Waals surface area contributed by atoms with Gasteiger partial charge in [-0.15, -0.1) is 0 Å². The number of hydrogen-bond donors (Lipinski definition) is 1. The fourth-order valence-electron chi connectivity index (χ4n) is 2.45. The van der Waals surface area contributed by atoms with Gasteiger partial charge in [0.25, 0.3) is 5.91 Å². The van der Waals surface area contributed by atoms with Crippen molar-refractivity contribution in [1.82, 2.24) is 10.3 Å². The molecule has 1 aliphatic heterocycles. The molecular formula is C16H12ClN3O4. The first-order valence-corrected chi connectivity index (χ1v) is 7.72. The summed E-state index contributed by atoms with van der Waals surface area (Å²) in [6, 6.07) is 8.37. The zero-order chi connectivity index (χ0) is 16.5. The van der Waals surface area contributed by atoms with Gasteiger partial charge in [-0.3, -0.25) is 4.79 Å². The minimum Gasteiger partial charge on any atom is -0.490 e. The number of aromatic nitrogens is 2. The van der Waals surface area contributed by atoms with Gasteiger partial charge in [0, 0.05) is 12.5 Å². The molecule has 1 aromatic heterocycles. The van der Waals surface area contributed by atoms with Crippen LogP contribution in [0.1, 0.15) is 16.8 Å². The summed E-state index contributed by atoms with van der Waals surface area (Å²) in [4.78, 5) is 12.6. The molecule has 8 heteroatoms. The number of halogens is 1. The largest absolute Gasteiger partial charge is 0.490 e. The maximum absolute atomic E-state index is 12.6. The summed E-state index contributed by atoms with van der Waals surface area (Å²) < 4.78 is 15.9. The van der Waals surface area contributed by atoms with E-state index < -0.39 is 0 Å². The van der Waals surface area contributed by atoms with Gasteiger partial charge in [0.1, 0.15) is 5.52 Å². The van der Waals surface area contributed by atoms with Crippen LogP contribution in [0.3, 0.4) is 0 Å². The molecule has 24 heavy (non-hydrogen) atoms. The van der Waals surface area contributed by atoms with E-state index in [1.54, 1.807) is 30.3 Å². The lowest BCUT2D eigenvalue weighted by atomic mass is 10.1. The van der Waals surface area contributed by atoms with E-state index in [1.165, 1.54) is 0 Å². The van der Waals surface area contributed by atoms with Crippen molar-refractivity contribution in [2.24, 2.45) is 0 Å². The van der Waals surface area contributed by atoms with Crippen molar-refractivity contribution >= 4 is 34.2 Å². The number of nitrogens with one attached hydrogen (secondary N) is 1. The van der Waals surface area contributed by atoms with Crippen LogP contribution in [0.25, 0.3) is 11.0 Å². The van der Waals surface area contributed by atoms with Crippen LogP contribution >= 0.6 is 11.6 Å². The molecule has 2 aromatic carbocycles. The number of benzene rings is 2. The highest BCUT2D eigenvalue weighted by molar-refractivity contribution is 6.34. The fraction of sp³-hybridized carbons (Fsp3) is 0.188. The number of rotatable bonds is 2. The second kappa shape index (κ2) is 6.01. The summed E-state index contributed by atoms with van der Waals surface area (Å²) in [6.45, 7) is 1.08. The molecular weight excluding hydrogens is 334 g/mol. The first-order valence-electron chi connectivity index (χ1n) is 7.34. The van der Waals surface area contributed by atoms with E-state index >= 15 is 0 Å². The van der Waals surface area contributed by atoms with Gasteiger partial charge in [-0.05, 0) is 28.5 Å². The molecule has 0 unspecified atom stereocenters. The summed E-state index contributed by atoms with van der Waals surface area (Å²) in [5.74, 6) is 0.659. The van der Waals surface area contributed by atoms with Crippen molar-refractivity contribution in [1.29, 1.82) is 0 Å². The lowest BCUT2D eigenvalue weighted by Gasteiger charge is -2.11. The molecule has 1 N–H and O–H groups in total. The van der Waals surface area contributed by atoms with Gasteiger partial charge < -0.3 is 14.8 Å². The van der Waals surface area contributed by atoms with Crippen LogP contribution in [0.2, 0.25) is 5.02 Å². The van der Waals surface area contributed by atoms with Gasteiger partial charge in [0.15, 0.2) is 17.0 Å². The Bertz CT molecular complexity index is 925. The van der Waals surface area contributed by atoms with Gasteiger partial charge in [0.2, 0.25) is 0 Å². The fourth-order valence-corrected chi connectivity index (χ4v) is 2.69. The Labute approximate surface area is 141 Å². The van der Waals surface area contributed by atoms with Crippen LogP contribution in [0.5, 0.6) is 11.5 Å². The number of ether oxygens (including phenoxy) is 2. The second-order valence-corrected chi connectivity index (χ2v) is 5.63. The normalized spacial score (nSPS) is 13.5. The van der Waals surface area contributed by atoms with E-state index in [4.69, 9.17) is 25.7 Å². The van der Waals surface area contributed by atoms with Crippen molar-refractivity contribution in [2.75, 3.05) is 18.5 Å². The predicted molar refractivity (Wildman–Crippen MR) is 86.8 cm³/mol. The van der Waals surface area contributed by atoms with Gasteiger partial charge in [-0.1, -0.05) is 17.7 Å². The molecule has 122 valence electrons. The number of fused-ring (bicyclic) bond motifs is 2. The standard InChI is InChI=1S/C16H12ClN3O4/c17-10-8-14-13(22-5-2-6-23-14)7-9(10)16(21)18-11-3-1-4-12-15(11)20-24-19-12/h1,3-4,7-8H,2,5-6H2,(H,18,21). The van der Waals surface area contributed by atoms with E-state index in [-0.39, 0.29) is 16.5 Å². The Morgan fingerprint density at radius 1 is 1.12 bits per heavy atom. The molecule has 4 rings (SSSR count). The number of nitrogens with zero attached hydrogens (tertiary/aromatic N) is 2. The summed E-state index contributed by atoms with van der Waals surface area (Å²) in [5, 5.41) is 10.6. The third kappa shape index (κ3) is 2.63. The molecule has 0 aliphatic carbocycles. The van der Waals surface area contributed by atoms with E-state index in [9.17, 15) is 4.79 Å². The van der Waals surface area contributed by atoms with Crippen LogP contribution in [0.15, 0.2) is 35.0 Å². The minimum atomic E-state index is -0.383. The lowest BCUT2D eigenvalue weighted by molar-refractivity contribution is 0.102. The number of carbonyl (C=O) groups is 1. The zero-order valence-corrected chi connectivity index (χ0v) is 13.2. The first-order chi connectivity index (χ1) is 11.7. The van der Waals surface area contributed by atoms with Crippen LogP contribution in [-0.4, -0.2) is 29.4 Å². The zero-order valence-electron chi connectivity index (χ0n) is 12.4. The maximum atomic E-state index is 12.6. The summed E-state index contributed by atoms with van der Waals surface area (Å²) in [5.41, 5.74) is 1.80. The van der Waals surface area contributed by atoms with Crippen LogP contribution in [0.4, 0.5) is 5.69 Å². The van der Waals surface area contributed by atoms with Crippen molar-refractivity contribution in [3.05, 3.63) is 40.9 Å². The third-order valence-corrected chi connectivity index (χ3v) is 3.93. The predicted octanol–water partition coefficient (Wildman–Crippen LogP) is 3.29. The summed E-state index contributed by atoms with van der Waals surface area (Å²) in [6.07, 6.45) is 0.773. The number of carbonyl (C=O) groups excluding carboxylic acids is 1. The molecule has 3 aromatic rings. The van der Waals surface area contributed by atoms with Crippen molar-refractivity contribution in [3.8, 4) is 11.5 Å². The molecule has 0 saturated heterocycles. The second-order valence-electron chi connectivity index (χ2n) is 5.22. The van der Waals surface area contributed by atoms with Gasteiger partial charge in [-0.25, -0.2) is 4.63 Å². The number of hydrogen-bond acceptors (Lipinski definition) is 6. The molecule has 1 aliphatic rings. The highest BCUT2D eigenvalue weighted by Crippen LogP contribution is 2.35. The van der Waals surface area contributed by atoms with Gasteiger partial charge >= 0.3 is 0 Å². The molecule has 2 heterocycles. The first kappa shape index (κ1) is 14.8. The van der Waals surface area contributed by atoms with Crippen LogP contribution in [0, 0.1) is 0 Å². The Kier molecular flexibility index (Phi) is 3.70. The highest BCUT2D eigenvalue weighted by atomic mass is 35.5. The molecule has 0 fully saturated rings. The Morgan fingerprint density at radius 3 is 2.75 bits per heavy atom. The van der Waals surface area contributed by atoms with E-state index in [0.29, 0.717) is 41.4 Å². The monoisotopic (exact) mass is 345 g/mol. The highest BCUT2D eigenvalue weighted by Gasteiger charge is 2.19. The third-order valence-electron chi connectivity index (χ3n) is 3.62. The van der Waals surface area contributed by atoms with Crippen molar-refractivity contribution in [3.63, 3.8) is 0 Å². The SMILES string of the molecule is O=C(Nc1cccc2nonc12)c1cc2c(cc1Cl)OCCCO2. The van der Waals surface area contributed by atoms with Crippen LogP contribution < -0.4 is 14.8 Å². The van der Waals surface area contributed by atoms with Crippen molar-refractivity contribution in [2.45, 2.75) is 6.42 Å². The molecule has 0 radical (unpaired) electrons. The lowest BCUT2D eigenvalue weighted by Crippen LogP contribution is -2.13. The average Bonchev–Trinajstić information content (AvgIpc) is 2.94. The molecule has 1 amide bonds.